The van der Waals surface area contributed by atoms with E-state index < -0.39 is 30.3 Å². The highest BCUT2D eigenvalue weighted by molar-refractivity contribution is 5.90. The first kappa shape index (κ1) is 37.2. The fourth-order valence-electron chi connectivity index (χ4n) is 7.07. The molecule has 4 aromatic carbocycles. The van der Waals surface area contributed by atoms with E-state index in [0.717, 1.165) is 39.9 Å². The van der Waals surface area contributed by atoms with Gasteiger partial charge in [-0.15, -0.1) is 0 Å². The average Bonchev–Trinajstić information content (AvgIpc) is 3.65. The van der Waals surface area contributed by atoms with E-state index in [1.54, 1.807) is 0 Å². The van der Waals surface area contributed by atoms with Crippen LogP contribution in [-0.4, -0.2) is 65.2 Å². The van der Waals surface area contributed by atoms with Crippen molar-refractivity contribution in [2.75, 3.05) is 20.1 Å². The molecule has 52 heavy (non-hydrogen) atoms. The van der Waals surface area contributed by atoms with Gasteiger partial charge in [0, 0.05) is 37.7 Å². The van der Waals surface area contributed by atoms with E-state index in [1.807, 2.05) is 91.0 Å². The highest BCUT2D eigenvalue weighted by atomic mass is 19.4. The Morgan fingerprint density at radius 3 is 2.27 bits per heavy atom. The number of carbonyl (C=O) groups excluding carboxylic acids is 2. The second-order valence-electron chi connectivity index (χ2n) is 13.7. The van der Waals surface area contributed by atoms with Crippen LogP contribution in [0.5, 0.6) is 0 Å². The molecule has 2 amide bonds. The number of halogens is 3. The van der Waals surface area contributed by atoms with Crippen molar-refractivity contribution >= 4 is 11.8 Å². The highest BCUT2D eigenvalue weighted by Gasteiger charge is 2.47. The Labute approximate surface area is 302 Å². The Hall–Kier alpha value is -4.55. The van der Waals surface area contributed by atoms with Crippen LogP contribution in [0.15, 0.2) is 103 Å². The van der Waals surface area contributed by atoms with Crippen molar-refractivity contribution in [2.24, 2.45) is 5.92 Å². The van der Waals surface area contributed by atoms with Gasteiger partial charge in [0.1, 0.15) is 6.04 Å². The van der Waals surface area contributed by atoms with Crippen LogP contribution in [0.1, 0.15) is 60.0 Å². The van der Waals surface area contributed by atoms with E-state index in [4.69, 9.17) is 9.47 Å². The monoisotopic (exact) mass is 715 g/mol. The Balaban J connectivity index is 1.18. The van der Waals surface area contributed by atoms with Gasteiger partial charge >= 0.3 is 12.1 Å². The Kier molecular flexibility index (Phi) is 11.7. The number of nitrogens with zero attached hydrogens (tertiary/aromatic N) is 2. The van der Waals surface area contributed by atoms with Crippen LogP contribution < -0.4 is 5.32 Å². The zero-order chi connectivity index (χ0) is 36.8. The molecule has 5 atom stereocenters. The van der Waals surface area contributed by atoms with Crippen molar-refractivity contribution in [1.82, 2.24) is 15.1 Å². The van der Waals surface area contributed by atoms with Gasteiger partial charge in [0.05, 0.1) is 18.8 Å². The lowest BCUT2D eigenvalue weighted by atomic mass is 9.90. The number of benzene rings is 4. The normalized spacial score (nSPS) is 22.1. The van der Waals surface area contributed by atoms with Crippen LogP contribution in [-0.2, 0) is 38.8 Å². The second-order valence-corrected chi connectivity index (χ2v) is 13.7. The molecule has 6 rings (SSSR count). The molecule has 2 heterocycles. The van der Waals surface area contributed by atoms with Crippen molar-refractivity contribution in [3.05, 3.63) is 131 Å². The molecule has 0 saturated carbocycles. The largest absolute Gasteiger partial charge is 0.471 e. The third-order valence-corrected chi connectivity index (χ3v) is 9.85. The Morgan fingerprint density at radius 2 is 1.56 bits per heavy atom. The number of amides is 2. The number of likely N-dealkylation sites (N-methyl/N-ethyl adjacent to an activating group) is 1. The number of likely N-dealkylation sites (tertiary alicyclic amines) is 1. The molecule has 2 fully saturated rings. The van der Waals surface area contributed by atoms with Gasteiger partial charge in [0.2, 0.25) is 5.91 Å². The zero-order valence-corrected chi connectivity index (χ0v) is 29.3. The molecule has 8 nitrogen and oxygen atoms in total. The van der Waals surface area contributed by atoms with Crippen LogP contribution in [0.3, 0.4) is 0 Å². The summed E-state index contributed by atoms with van der Waals surface area (Å²) < 4.78 is 52.6. The summed E-state index contributed by atoms with van der Waals surface area (Å²) in [6.07, 6.45) is -5.59. The van der Waals surface area contributed by atoms with Gasteiger partial charge in [0.25, 0.3) is 0 Å². The van der Waals surface area contributed by atoms with Crippen molar-refractivity contribution < 1.29 is 37.3 Å². The molecule has 2 aliphatic rings. The lowest BCUT2D eigenvalue weighted by Gasteiger charge is -2.42. The minimum Gasteiger partial charge on any atom is -0.392 e. The highest BCUT2D eigenvalue weighted by Crippen LogP contribution is 2.42. The van der Waals surface area contributed by atoms with E-state index in [-0.39, 0.29) is 44.2 Å². The minimum absolute atomic E-state index is 0.0208. The third-order valence-electron chi connectivity index (χ3n) is 9.85. The van der Waals surface area contributed by atoms with Gasteiger partial charge < -0.3 is 24.8 Å². The summed E-state index contributed by atoms with van der Waals surface area (Å²) >= 11 is 0. The molecule has 0 aliphatic carbocycles. The van der Waals surface area contributed by atoms with Crippen LogP contribution in [0, 0.1) is 5.92 Å². The maximum atomic E-state index is 13.1. The number of alkyl halides is 3. The lowest BCUT2D eigenvalue weighted by molar-refractivity contribution is -0.276. The molecular weight excluding hydrogens is 671 g/mol. The summed E-state index contributed by atoms with van der Waals surface area (Å²) in [4.78, 5) is 27.6. The smallest absolute Gasteiger partial charge is 0.392 e. The standard InChI is InChI=1S/C41H44F3N3O5/c1-27-36(25-46(2)24-28-9-4-3-5-10-28)51-39(52-37(27)31-18-16-29(26-48)17-19-31)34-14-7-13-33(22-34)32-12-6-11-30(21-32)23-45-38(49)35-15-8-20-47(35)40(50)41(42,43)44/h3-7,9-14,16-19,21-22,27,35-37,39,48H,8,15,20,23-26H2,1-2H3,(H,45,49). The molecule has 0 spiro atoms. The fraction of sp³-hybridized carbons (Fsp3) is 0.366. The van der Waals surface area contributed by atoms with Crippen LogP contribution in [0.4, 0.5) is 13.2 Å². The van der Waals surface area contributed by atoms with E-state index in [2.05, 4.69) is 36.3 Å². The summed E-state index contributed by atoms with van der Waals surface area (Å²) in [5.41, 5.74) is 6.41. The summed E-state index contributed by atoms with van der Waals surface area (Å²) in [7, 11) is 2.08. The summed E-state index contributed by atoms with van der Waals surface area (Å²) in [6.45, 7) is 3.54. The molecule has 4 aromatic rings. The average molecular weight is 716 g/mol. The Morgan fingerprint density at radius 1 is 0.865 bits per heavy atom. The molecule has 5 unspecified atom stereocenters. The molecule has 2 saturated heterocycles. The quantitative estimate of drug-likeness (QED) is 0.175. The van der Waals surface area contributed by atoms with Crippen LogP contribution >= 0.6 is 0 Å². The van der Waals surface area contributed by atoms with Gasteiger partial charge in [-0.1, -0.05) is 97.9 Å². The molecule has 274 valence electrons. The SMILES string of the molecule is CC1C(CN(C)Cc2ccccc2)OC(c2cccc(-c3cccc(CNC(=O)C4CCCN4C(=O)C(F)(F)F)c3)c2)OC1c1ccc(CO)cc1. The maximum absolute atomic E-state index is 13.1. The third kappa shape index (κ3) is 8.90. The zero-order valence-electron chi connectivity index (χ0n) is 29.3. The lowest BCUT2D eigenvalue weighted by Crippen LogP contribution is -2.50. The van der Waals surface area contributed by atoms with E-state index in [9.17, 15) is 27.9 Å². The number of aliphatic hydroxyl groups excluding tert-OH is 1. The molecular formula is C41H44F3N3O5. The first-order valence-corrected chi connectivity index (χ1v) is 17.6. The van der Waals surface area contributed by atoms with E-state index in [0.29, 0.717) is 17.9 Å². The molecule has 11 heteroatoms. The number of hydrogen-bond donors (Lipinski definition) is 2. The first-order valence-electron chi connectivity index (χ1n) is 17.6. The number of aliphatic hydroxyl groups is 1. The van der Waals surface area contributed by atoms with Crippen molar-refractivity contribution in [2.45, 2.75) is 70.2 Å². The predicted molar refractivity (Wildman–Crippen MR) is 190 cm³/mol. The number of hydrogen-bond acceptors (Lipinski definition) is 6. The van der Waals surface area contributed by atoms with Crippen molar-refractivity contribution in [3.8, 4) is 11.1 Å². The van der Waals surface area contributed by atoms with Crippen molar-refractivity contribution in [3.63, 3.8) is 0 Å². The molecule has 0 radical (unpaired) electrons. The number of nitrogens with one attached hydrogen (secondary N) is 1. The van der Waals surface area contributed by atoms with Gasteiger partial charge in [0.15, 0.2) is 6.29 Å². The number of rotatable bonds is 11. The number of ether oxygens (including phenoxy) is 2. The van der Waals surface area contributed by atoms with Crippen LogP contribution in [0.2, 0.25) is 0 Å². The van der Waals surface area contributed by atoms with Gasteiger partial charge in [-0.05, 0) is 65.4 Å². The first-order chi connectivity index (χ1) is 25.0. The predicted octanol–water partition coefficient (Wildman–Crippen LogP) is 6.94. The molecule has 2 aliphatic heterocycles. The van der Waals surface area contributed by atoms with E-state index >= 15 is 0 Å². The summed E-state index contributed by atoms with van der Waals surface area (Å²) in [6, 6.07) is 32.4. The molecule has 0 aromatic heterocycles. The fourth-order valence-corrected chi connectivity index (χ4v) is 7.07. The number of carbonyl (C=O) groups is 2. The summed E-state index contributed by atoms with van der Waals surface area (Å²) in [5.74, 6) is -2.57. The van der Waals surface area contributed by atoms with Gasteiger partial charge in [-0.3, -0.25) is 14.5 Å². The van der Waals surface area contributed by atoms with Gasteiger partial charge in [-0.25, -0.2) is 0 Å². The summed E-state index contributed by atoms with van der Waals surface area (Å²) in [5, 5.41) is 12.3. The van der Waals surface area contributed by atoms with Crippen molar-refractivity contribution in [1.29, 1.82) is 0 Å². The van der Waals surface area contributed by atoms with Crippen LogP contribution in [0.25, 0.3) is 11.1 Å². The maximum Gasteiger partial charge on any atom is 0.471 e. The Bertz CT molecular complexity index is 1820. The molecule has 2 N–H and O–H groups in total. The molecule has 0 bridgehead atoms. The minimum atomic E-state index is -5.02. The van der Waals surface area contributed by atoms with E-state index in [1.165, 1.54) is 5.56 Å². The van der Waals surface area contributed by atoms with Gasteiger partial charge in [-0.2, -0.15) is 13.2 Å². The second kappa shape index (κ2) is 16.4. The topological polar surface area (TPSA) is 91.3 Å².